The highest BCUT2D eigenvalue weighted by atomic mass is 16.1. The van der Waals surface area contributed by atoms with Crippen LogP contribution in [0.3, 0.4) is 0 Å². The van der Waals surface area contributed by atoms with Crippen LogP contribution in [0.2, 0.25) is 0 Å². The number of benzene rings is 2. The first-order valence-electron chi connectivity index (χ1n) is 6.40. The zero-order chi connectivity index (χ0) is 14.2. The Hall–Kier alpha value is -2.77. The summed E-state index contributed by atoms with van der Waals surface area (Å²) in [5, 5.41) is 0. The normalized spacial score (nSPS) is 8.85. The minimum Gasteiger partial charge on any atom is -0.289 e. The van der Waals surface area contributed by atoms with E-state index in [0.717, 1.165) is 5.56 Å². The molecule has 2 aromatic carbocycles. The summed E-state index contributed by atoms with van der Waals surface area (Å²) in [4.78, 5) is 12.5. The van der Waals surface area contributed by atoms with Gasteiger partial charge in [0.2, 0.25) is 0 Å². The van der Waals surface area contributed by atoms with Gasteiger partial charge >= 0.3 is 0 Å². The highest BCUT2D eigenvalue weighted by Crippen LogP contribution is 2.15. The van der Waals surface area contributed by atoms with Crippen molar-refractivity contribution in [3.63, 3.8) is 0 Å². The maximum absolute atomic E-state index is 12.5. The van der Waals surface area contributed by atoms with Crippen LogP contribution in [-0.4, -0.2) is 5.78 Å². The molecule has 20 heavy (non-hydrogen) atoms. The molecule has 0 radical (unpaired) electrons. The molecule has 0 saturated carbocycles. The summed E-state index contributed by atoms with van der Waals surface area (Å²) in [5.41, 5.74) is 2.34. The van der Waals surface area contributed by atoms with Gasteiger partial charge in [0, 0.05) is 17.5 Å². The van der Waals surface area contributed by atoms with E-state index in [9.17, 15) is 4.79 Å². The molecule has 96 valence electrons. The van der Waals surface area contributed by atoms with Crippen molar-refractivity contribution in [2.24, 2.45) is 0 Å². The molecule has 0 heterocycles. The molecular formula is C19H14O. The van der Waals surface area contributed by atoms with Gasteiger partial charge in [0.1, 0.15) is 0 Å². The van der Waals surface area contributed by atoms with Gasteiger partial charge in [0.15, 0.2) is 5.78 Å². The Morgan fingerprint density at radius 3 is 2.40 bits per heavy atom. The summed E-state index contributed by atoms with van der Waals surface area (Å²) in [7, 11) is 0. The fourth-order valence-corrected chi connectivity index (χ4v) is 1.89. The summed E-state index contributed by atoms with van der Waals surface area (Å²) in [6, 6.07) is 16.9. The number of ketones is 1. The molecule has 0 aliphatic carbocycles. The van der Waals surface area contributed by atoms with Gasteiger partial charge in [0.05, 0.1) is 0 Å². The highest BCUT2D eigenvalue weighted by Gasteiger charge is 2.11. The van der Waals surface area contributed by atoms with Crippen LogP contribution in [0, 0.1) is 23.7 Å². The van der Waals surface area contributed by atoms with E-state index in [2.05, 4.69) is 23.7 Å². The summed E-state index contributed by atoms with van der Waals surface area (Å²) < 4.78 is 0. The minimum atomic E-state index is 0.0320. The first kappa shape index (κ1) is 13.7. The number of carbonyl (C=O) groups is 1. The molecule has 0 aliphatic heterocycles. The van der Waals surface area contributed by atoms with E-state index < -0.39 is 0 Å². The van der Waals surface area contributed by atoms with E-state index in [1.807, 2.05) is 54.6 Å². The average molecular weight is 258 g/mol. The lowest BCUT2D eigenvalue weighted by Gasteiger charge is -2.06. The molecule has 0 saturated heterocycles. The molecule has 0 atom stereocenters. The van der Waals surface area contributed by atoms with Crippen molar-refractivity contribution in [3.05, 3.63) is 71.3 Å². The quantitative estimate of drug-likeness (QED) is 0.608. The van der Waals surface area contributed by atoms with Gasteiger partial charge in [-0.1, -0.05) is 66.4 Å². The highest BCUT2D eigenvalue weighted by molar-refractivity contribution is 6.09. The van der Waals surface area contributed by atoms with E-state index in [0.29, 0.717) is 17.5 Å². The third-order valence-electron chi connectivity index (χ3n) is 2.85. The largest absolute Gasteiger partial charge is 0.289 e. The monoisotopic (exact) mass is 258 g/mol. The van der Waals surface area contributed by atoms with Crippen molar-refractivity contribution in [3.8, 4) is 23.7 Å². The Labute approximate surface area is 119 Å². The molecule has 2 aromatic rings. The fraction of sp³-hybridized carbons (Fsp3) is 0.105. The maximum atomic E-state index is 12.5. The van der Waals surface area contributed by atoms with Crippen molar-refractivity contribution < 1.29 is 4.79 Å². The molecule has 0 N–H and O–H groups in total. The van der Waals surface area contributed by atoms with Crippen LogP contribution in [0.5, 0.6) is 0 Å². The van der Waals surface area contributed by atoms with Crippen LogP contribution in [-0.2, 0) is 6.42 Å². The zero-order valence-corrected chi connectivity index (χ0v) is 11.3. The Morgan fingerprint density at radius 2 is 1.65 bits per heavy atom. The van der Waals surface area contributed by atoms with E-state index >= 15 is 0 Å². The van der Waals surface area contributed by atoms with Crippen LogP contribution in [0.25, 0.3) is 0 Å². The number of rotatable bonds is 3. The van der Waals surface area contributed by atoms with Crippen LogP contribution in [0.4, 0.5) is 0 Å². The zero-order valence-electron chi connectivity index (χ0n) is 11.3. The van der Waals surface area contributed by atoms with Gasteiger partial charge in [-0.25, -0.2) is 0 Å². The smallest absolute Gasteiger partial charge is 0.193 e. The molecule has 0 aromatic heterocycles. The molecule has 0 amide bonds. The molecule has 0 spiro atoms. The minimum absolute atomic E-state index is 0.0320. The molecule has 0 bridgehead atoms. The lowest BCUT2D eigenvalue weighted by molar-refractivity contribution is 0.103. The third kappa shape index (κ3) is 3.37. The summed E-state index contributed by atoms with van der Waals surface area (Å²) in [5.74, 6) is 11.2. The fourth-order valence-electron chi connectivity index (χ4n) is 1.89. The van der Waals surface area contributed by atoms with Gasteiger partial charge in [-0.15, -0.1) is 0 Å². The first-order chi connectivity index (χ1) is 9.83. The average Bonchev–Trinajstić information content (AvgIpc) is 2.52. The van der Waals surface area contributed by atoms with Crippen molar-refractivity contribution in [2.45, 2.75) is 13.3 Å². The Morgan fingerprint density at radius 1 is 0.950 bits per heavy atom. The third-order valence-corrected chi connectivity index (χ3v) is 2.85. The number of carbonyl (C=O) groups excluding carboxylic acids is 1. The Bertz CT molecular complexity index is 719. The Kier molecular flexibility index (Phi) is 4.76. The van der Waals surface area contributed by atoms with Crippen LogP contribution in [0.15, 0.2) is 54.6 Å². The van der Waals surface area contributed by atoms with Crippen LogP contribution < -0.4 is 0 Å². The van der Waals surface area contributed by atoms with Gasteiger partial charge in [-0.3, -0.25) is 4.79 Å². The molecular weight excluding hydrogens is 244 g/mol. The summed E-state index contributed by atoms with van der Waals surface area (Å²) in [6.45, 7) is 1.75. The number of hydrogen-bond acceptors (Lipinski definition) is 1. The van der Waals surface area contributed by atoms with E-state index in [1.54, 1.807) is 6.92 Å². The van der Waals surface area contributed by atoms with Gasteiger partial charge in [-0.2, -0.15) is 0 Å². The lowest BCUT2D eigenvalue weighted by Crippen LogP contribution is -2.04. The second-order valence-electron chi connectivity index (χ2n) is 4.21. The van der Waals surface area contributed by atoms with Gasteiger partial charge < -0.3 is 0 Å². The predicted octanol–water partition coefficient (Wildman–Crippen LogP) is 3.49. The van der Waals surface area contributed by atoms with Crippen molar-refractivity contribution in [2.75, 3.05) is 0 Å². The second kappa shape index (κ2) is 6.98. The predicted molar refractivity (Wildman–Crippen MR) is 81.2 cm³/mol. The van der Waals surface area contributed by atoms with Gasteiger partial charge in [0.25, 0.3) is 0 Å². The van der Waals surface area contributed by atoms with E-state index in [1.165, 1.54) is 0 Å². The van der Waals surface area contributed by atoms with Crippen molar-refractivity contribution in [1.82, 2.24) is 0 Å². The summed E-state index contributed by atoms with van der Waals surface area (Å²) >= 11 is 0. The second-order valence-corrected chi connectivity index (χ2v) is 4.21. The molecule has 0 fully saturated rings. The lowest BCUT2D eigenvalue weighted by atomic mass is 9.97. The van der Waals surface area contributed by atoms with Crippen LogP contribution >= 0.6 is 0 Å². The van der Waals surface area contributed by atoms with Crippen molar-refractivity contribution >= 4 is 5.78 Å². The standard InChI is InChI=1S/C19H14O/c1-2-3-4-6-11-16-12-9-10-15-18(16)19(20)17-13-7-5-8-14-17/h5,7-10,12-15H,11H2,1H3. The first-order valence-corrected chi connectivity index (χ1v) is 6.40. The molecule has 1 heteroatoms. The van der Waals surface area contributed by atoms with Crippen LogP contribution in [0.1, 0.15) is 28.4 Å². The Balaban J connectivity index is 2.30. The topological polar surface area (TPSA) is 17.1 Å². The van der Waals surface area contributed by atoms with Crippen molar-refractivity contribution in [1.29, 1.82) is 0 Å². The SMILES string of the molecule is CC#CC#CCc1ccccc1C(=O)c1ccccc1. The van der Waals surface area contributed by atoms with Gasteiger partial charge in [-0.05, 0) is 24.3 Å². The maximum Gasteiger partial charge on any atom is 0.193 e. The molecule has 0 unspecified atom stereocenters. The number of hydrogen-bond donors (Lipinski definition) is 0. The van der Waals surface area contributed by atoms with E-state index in [4.69, 9.17) is 0 Å². The molecule has 2 rings (SSSR count). The molecule has 0 aliphatic rings. The summed E-state index contributed by atoms with van der Waals surface area (Å²) in [6.07, 6.45) is 0.531. The van der Waals surface area contributed by atoms with E-state index in [-0.39, 0.29) is 5.78 Å². The molecule has 1 nitrogen and oxygen atoms in total.